The van der Waals surface area contributed by atoms with E-state index < -0.39 is 0 Å². The van der Waals surface area contributed by atoms with Gasteiger partial charge in [0, 0.05) is 13.1 Å². The molecule has 2 heterocycles. The maximum Gasteiger partial charge on any atom is 0.293 e. The van der Waals surface area contributed by atoms with Gasteiger partial charge in [0.2, 0.25) is 5.82 Å². The van der Waals surface area contributed by atoms with Crippen molar-refractivity contribution in [1.29, 1.82) is 0 Å². The summed E-state index contributed by atoms with van der Waals surface area (Å²) in [6.07, 6.45) is 0.803. The van der Waals surface area contributed by atoms with Crippen molar-refractivity contribution in [3.8, 4) is 11.4 Å². The summed E-state index contributed by atoms with van der Waals surface area (Å²) >= 11 is 6.27. The van der Waals surface area contributed by atoms with Gasteiger partial charge in [0.1, 0.15) is 11.6 Å². The summed E-state index contributed by atoms with van der Waals surface area (Å²) in [4.78, 5) is 19.2. The largest absolute Gasteiger partial charge is 0.494 e. The number of fused-ring (bicyclic) bond motifs is 1. The topological polar surface area (TPSA) is 60.2 Å². The molecule has 0 spiro atoms. The summed E-state index contributed by atoms with van der Waals surface area (Å²) < 4.78 is 7.20. The molecule has 0 atom stereocenters. The average Bonchev–Trinajstić information content (AvgIpc) is 3.09. The highest BCUT2D eigenvalue weighted by atomic mass is 35.5. The molecule has 4 rings (SSSR count). The number of carbonyl (C=O) groups excluding carboxylic acids is 1. The summed E-state index contributed by atoms with van der Waals surface area (Å²) in [7, 11) is 0. The van der Waals surface area contributed by atoms with E-state index in [1.807, 2.05) is 44.2 Å². The Morgan fingerprint density at radius 3 is 2.82 bits per heavy atom. The molecule has 28 heavy (non-hydrogen) atoms. The third-order valence-electron chi connectivity index (χ3n) is 4.83. The van der Waals surface area contributed by atoms with E-state index in [2.05, 4.69) is 16.1 Å². The van der Waals surface area contributed by atoms with E-state index in [4.69, 9.17) is 16.3 Å². The van der Waals surface area contributed by atoms with Gasteiger partial charge in [-0.3, -0.25) is 4.79 Å². The lowest BCUT2D eigenvalue weighted by Gasteiger charge is -2.28. The number of rotatable bonds is 4. The molecule has 1 amide bonds. The van der Waals surface area contributed by atoms with Gasteiger partial charge in [-0.15, -0.1) is 5.10 Å². The Kier molecular flexibility index (Phi) is 5.05. The molecule has 2 aromatic carbocycles. The van der Waals surface area contributed by atoms with E-state index in [-0.39, 0.29) is 11.7 Å². The van der Waals surface area contributed by atoms with Crippen molar-refractivity contribution in [2.75, 3.05) is 13.2 Å². The average molecular weight is 397 g/mol. The Labute approximate surface area is 168 Å². The standard InChI is InChI=1S/C21H21ClN4O2/c1-3-28-17-9-8-15-10-11-25(13-16(15)12-17)21(27)20-23-14(2)26(24-20)19-7-5-4-6-18(19)22/h4-9,12H,3,10-11,13H2,1-2H3. The van der Waals surface area contributed by atoms with Crippen LogP contribution in [0.25, 0.3) is 5.69 Å². The van der Waals surface area contributed by atoms with Crippen LogP contribution in [0.3, 0.4) is 0 Å². The first kappa shape index (κ1) is 18.5. The number of carbonyl (C=O) groups is 1. The second-order valence-electron chi connectivity index (χ2n) is 6.69. The number of halogens is 1. The molecular formula is C21H21ClN4O2. The minimum atomic E-state index is -0.179. The summed E-state index contributed by atoms with van der Waals surface area (Å²) in [5.41, 5.74) is 3.06. The summed E-state index contributed by atoms with van der Waals surface area (Å²) in [6, 6.07) is 13.4. The van der Waals surface area contributed by atoms with Crippen molar-refractivity contribution in [3.05, 3.63) is 70.3 Å². The molecule has 0 unspecified atom stereocenters. The highest BCUT2D eigenvalue weighted by molar-refractivity contribution is 6.32. The van der Waals surface area contributed by atoms with E-state index in [1.54, 1.807) is 15.6 Å². The lowest BCUT2D eigenvalue weighted by atomic mass is 9.99. The molecular weight excluding hydrogens is 376 g/mol. The molecule has 7 heteroatoms. The molecule has 6 nitrogen and oxygen atoms in total. The fraction of sp³-hybridized carbons (Fsp3) is 0.286. The van der Waals surface area contributed by atoms with Crippen LogP contribution in [-0.4, -0.2) is 38.7 Å². The first-order chi connectivity index (χ1) is 13.6. The minimum Gasteiger partial charge on any atom is -0.494 e. The van der Waals surface area contributed by atoms with Gasteiger partial charge in [0.25, 0.3) is 5.91 Å². The van der Waals surface area contributed by atoms with Gasteiger partial charge in [0.15, 0.2) is 0 Å². The smallest absolute Gasteiger partial charge is 0.293 e. The second kappa shape index (κ2) is 7.64. The lowest BCUT2D eigenvalue weighted by Crippen LogP contribution is -2.36. The van der Waals surface area contributed by atoms with Gasteiger partial charge in [-0.25, -0.2) is 9.67 Å². The molecule has 0 bridgehead atoms. The molecule has 144 valence electrons. The van der Waals surface area contributed by atoms with E-state index in [1.165, 1.54) is 5.56 Å². The summed E-state index contributed by atoms with van der Waals surface area (Å²) in [5, 5.41) is 4.98. The molecule has 0 saturated heterocycles. The zero-order valence-electron chi connectivity index (χ0n) is 15.9. The van der Waals surface area contributed by atoms with Crippen molar-refractivity contribution < 1.29 is 9.53 Å². The quantitative estimate of drug-likeness (QED) is 0.672. The van der Waals surface area contributed by atoms with Crippen molar-refractivity contribution in [1.82, 2.24) is 19.7 Å². The predicted octanol–water partition coefficient (Wildman–Crippen LogP) is 3.83. The fourth-order valence-corrected chi connectivity index (χ4v) is 3.65. The predicted molar refractivity (Wildman–Crippen MR) is 107 cm³/mol. The maximum absolute atomic E-state index is 13.0. The first-order valence-corrected chi connectivity index (χ1v) is 9.67. The van der Waals surface area contributed by atoms with Crippen molar-refractivity contribution >= 4 is 17.5 Å². The van der Waals surface area contributed by atoms with Crippen LogP contribution in [0, 0.1) is 6.92 Å². The van der Waals surface area contributed by atoms with E-state index in [9.17, 15) is 4.79 Å². The number of benzene rings is 2. The number of aromatic nitrogens is 3. The number of amides is 1. The molecule has 0 N–H and O–H groups in total. The van der Waals surface area contributed by atoms with Crippen LogP contribution in [-0.2, 0) is 13.0 Å². The third kappa shape index (κ3) is 3.47. The maximum atomic E-state index is 13.0. The van der Waals surface area contributed by atoms with Crippen LogP contribution in [0.15, 0.2) is 42.5 Å². The van der Waals surface area contributed by atoms with E-state index in [0.717, 1.165) is 17.7 Å². The molecule has 1 aliphatic heterocycles. The van der Waals surface area contributed by atoms with Crippen molar-refractivity contribution in [3.63, 3.8) is 0 Å². The van der Waals surface area contributed by atoms with Crippen molar-refractivity contribution in [2.45, 2.75) is 26.8 Å². The van der Waals surface area contributed by atoms with Gasteiger partial charge < -0.3 is 9.64 Å². The highest BCUT2D eigenvalue weighted by Gasteiger charge is 2.26. The Balaban J connectivity index is 1.58. The number of hydrogen-bond acceptors (Lipinski definition) is 4. The molecule has 1 aromatic heterocycles. The number of hydrogen-bond donors (Lipinski definition) is 0. The zero-order chi connectivity index (χ0) is 19.7. The van der Waals surface area contributed by atoms with Crippen LogP contribution < -0.4 is 4.74 Å². The Morgan fingerprint density at radius 2 is 2.04 bits per heavy atom. The molecule has 3 aromatic rings. The van der Waals surface area contributed by atoms with Gasteiger partial charge in [-0.1, -0.05) is 29.8 Å². The number of nitrogens with zero attached hydrogens (tertiary/aromatic N) is 4. The van der Waals surface area contributed by atoms with Gasteiger partial charge in [0.05, 0.1) is 17.3 Å². The van der Waals surface area contributed by atoms with Crippen LogP contribution in [0.2, 0.25) is 5.02 Å². The Bertz CT molecular complexity index is 1030. The van der Waals surface area contributed by atoms with Crippen LogP contribution in [0.1, 0.15) is 34.5 Å². The number of aryl methyl sites for hydroxylation is 1. The Morgan fingerprint density at radius 1 is 1.21 bits per heavy atom. The number of ether oxygens (including phenoxy) is 1. The van der Waals surface area contributed by atoms with Crippen LogP contribution in [0.4, 0.5) is 0 Å². The first-order valence-electron chi connectivity index (χ1n) is 9.29. The number of para-hydroxylation sites is 1. The highest BCUT2D eigenvalue weighted by Crippen LogP contribution is 2.25. The zero-order valence-corrected chi connectivity index (χ0v) is 16.6. The normalized spacial score (nSPS) is 13.3. The third-order valence-corrected chi connectivity index (χ3v) is 5.15. The fourth-order valence-electron chi connectivity index (χ4n) is 3.44. The summed E-state index contributed by atoms with van der Waals surface area (Å²) in [6.45, 7) is 5.55. The molecule has 1 aliphatic rings. The molecule has 0 aliphatic carbocycles. The van der Waals surface area contributed by atoms with E-state index >= 15 is 0 Å². The SMILES string of the molecule is CCOc1ccc2c(c1)CN(C(=O)c1nc(C)n(-c3ccccc3Cl)n1)CC2. The lowest BCUT2D eigenvalue weighted by molar-refractivity contribution is 0.0722. The molecule has 0 radical (unpaired) electrons. The van der Waals surface area contributed by atoms with Crippen molar-refractivity contribution in [2.24, 2.45) is 0 Å². The minimum absolute atomic E-state index is 0.179. The van der Waals surface area contributed by atoms with Gasteiger partial charge >= 0.3 is 0 Å². The summed E-state index contributed by atoms with van der Waals surface area (Å²) in [5.74, 6) is 1.45. The van der Waals surface area contributed by atoms with Gasteiger partial charge in [-0.2, -0.15) is 0 Å². The second-order valence-corrected chi connectivity index (χ2v) is 7.09. The van der Waals surface area contributed by atoms with Gasteiger partial charge in [-0.05, 0) is 55.7 Å². The molecule has 0 fully saturated rings. The van der Waals surface area contributed by atoms with E-state index in [0.29, 0.717) is 36.2 Å². The monoisotopic (exact) mass is 396 g/mol. The molecule has 0 saturated carbocycles. The van der Waals surface area contributed by atoms with Crippen LogP contribution in [0.5, 0.6) is 5.75 Å². The Hall–Kier alpha value is -2.86. The van der Waals surface area contributed by atoms with Crippen LogP contribution >= 0.6 is 11.6 Å².